The van der Waals surface area contributed by atoms with Crippen LogP contribution in [0, 0.1) is 0 Å². The Balaban J connectivity index is 1.05. The van der Waals surface area contributed by atoms with Gasteiger partial charge in [-0.15, -0.1) is 0 Å². The Labute approximate surface area is 352 Å². The Morgan fingerprint density at radius 2 is 1.55 bits per heavy atom. The zero-order valence-electron chi connectivity index (χ0n) is 34.1. The first-order valence-electron chi connectivity index (χ1n) is 20.5. The van der Waals surface area contributed by atoms with E-state index >= 15 is 0 Å². The van der Waals surface area contributed by atoms with E-state index in [4.69, 9.17) is 26.8 Å². The van der Waals surface area contributed by atoms with Crippen LogP contribution in [-0.4, -0.2) is 164 Å². The summed E-state index contributed by atoms with van der Waals surface area (Å²) in [7, 11) is 3.82. The number of nitrogens with one attached hydrogen (secondary N) is 1. The van der Waals surface area contributed by atoms with Crippen LogP contribution in [0.25, 0.3) is 0 Å². The molecule has 6 rings (SSSR count). The molecule has 0 radical (unpaired) electrons. The number of rotatable bonds is 10. The van der Waals surface area contributed by atoms with Gasteiger partial charge in [0.25, 0.3) is 5.91 Å². The molecule has 3 N–H and O–H groups in total. The highest BCUT2D eigenvalue weighted by Crippen LogP contribution is 2.38. The van der Waals surface area contributed by atoms with E-state index in [0.717, 1.165) is 23.9 Å². The molecule has 4 aliphatic heterocycles. The maximum Gasteiger partial charge on any atom is 0.418 e. The van der Waals surface area contributed by atoms with Crippen LogP contribution in [-0.2, 0) is 42.9 Å². The van der Waals surface area contributed by atoms with Crippen molar-refractivity contribution in [2.45, 2.75) is 69.3 Å². The lowest BCUT2D eigenvalue weighted by atomic mass is 9.99. The molecular formula is C41H54ClF3N8O7. The number of anilines is 2. The van der Waals surface area contributed by atoms with E-state index in [1.165, 1.54) is 15.9 Å². The summed E-state index contributed by atoms with van der Waals surface area (Å²) in [4.78, 5) is 76.5. The quantitative estimate of drug-likeness (QED) is 0.154. The highest BCUT2D eigenvalue weighted by atomic mass is 35.5. The second-order valence-corrected chi connectivity index (χ2v) is 16.4. The van der Waals surface area contributed by atoms with Gasteiger partial charge in [0.2, 0.25) is 0 Å². The predicted octanol–water partition coefficient (Wildman–Crippen LogP) is 4.17. The summed E-state index contributed by atoms with van der Waals surface area (Å²) in [6.07, 6.45) is -4.04. The number of piperazine rings is 1. The standard InChI is InChI=1S/C41H54ClF3N8O7/c1-48(2)13-5-23-59-38(56)37(55)51-21-19-49(20-22-51)29-9-14-50(15-10-29)36(54)34(26-27-24-31(41(43,44)45)35(46)32(42)25-27)60-40(58)52-16-11-30(12-17-52)53-18-8-28-6-3-4-7-33(28)47-39(53)57/h3-4,6-7,24-25,29-30,34H,5,8-23,26,46H2,1-2H3,(H,47,57)/t34-/m1/s1. The minimum absolute atomic E-state index is 0.0271. The first-order chi connectivity index (χ1) is 28.6. The van der Waals surface area contributed by atoms with E-state index < -0.39 is 47.4 Å². The zero-order chi connectivity index (χ0) is 43.1. The summed E-state index contributed by atoms with van der Waals surface area (Å²) in [5, 5.41) is 2.64. The second kappa shape index (κ2) is 19.7. The molecule has 60 heavy (non-hydrogen) atoms. The molecule has 3 fully saturated rings. The number of hydrogen-bond donors (Lipinski definition) is 2. The van der Waals surface area contributed by atoms with Crippen LogP contribution in [0.5, 0.6) is 0 Å². The lowest BCUT2D eigenvalue weighted by Crippen LogP contribution is -2.56. The number of nitrogens with two attached hydrogens (primary N) is 1. The SMILES string of the molecule is CN(C)CCCOC(=O)C(=O)N1CCN(C2CCN(C(=O)[C@@H](Cc3cc(Cl)c(N)c(C(F)(F)F)c3)OC(=O)N3CCC(N4CCc5ccccc5NC4=O)CC3)CC2)CC1. The molecule has 4 aliphatic rings. The van der Waals surface area contributed by atoms with Crippen molar-refractivity contribution in [3.05, 3.63) is 58.1 Å². The monoisotopic (exact) mass is 862 g/mol. The molecule has 2 aromatic carbocycles. The summed E-state index contributed by atoms with van der Waals surface area (Å²) in [6.45, 7) is 4.28. The number of nitrogen functional groups attached to an aromatic ring is 1. The maximum atomic E-state index is 14.2. The van der Waals surface area contributed by atoms with Crippen molar-refractivity contribution in [2.24, 2.45) is 0 Å². The second-order valence-electron chi connectivity index (χ2n) is 16.0. The first-order valence-corrected chi connectivity index (χ1v) is 20.9. The molecule has 0 saturated carbocycles. The van der Waals surface area contributed by atoms with E-state index in [0.29, 0.717) is 84.3 Å². The predicted molar refractivity (Wildman–Crippen MR) is 217 cm³/mol. The molecule has 15 nitrogen and oxygen atoms in total. The highest BCUT2D eigenvalue weighted by Gasteiger charge is 2.39. The Kier molecular flexibility index (Phi) is 14.7. The third-order valence-electron chi connectivity index (χ3n) is 11.8. The minimum Gasteiger partial charge on any atom is -0.458 e. The van der Waals surface area contributed by atoms with Crippen LogP contribution >= 0.6 is 11.6 Å². The van der Waals surface area contributed by atoms with Gasteiger partial charge >= 0.3 is 30.2 Å². The van der Waals surface area contributed by atoms with Crippen molar-refractivity contribution in [2.75, 3.05) is 97.2 Å². The van der Waals surface area contributed by atoms with Crippen LogP contribution < -0.4 is 11.1 Å². The normalized spacial score (nSPS) is 19.1. The van der Waals surface area contributed by atoms with Crippen LogP contribution in [0.1, 0.15) is 48.8 Å². The molecule has 3 saturated heterocycles. The van der Waals surface area contributed by atoms with Gasteiger partial charge in [0.05, 0.1) is 22.9 Å². The molecule has 0 aliphatic carbocycles. The third kappa shape index (κ3) is 11.1. The topological polar surface area (TPSA) is 161 Å². The van der Waals surface area contributed by atoms with Crippen molar-refractivity contribution in [3.63, 3.8) is 0 Å². The summed E-state index contributed by atoms with van der Waals surface area (Å²) in [5.74, 6) is -2.07. The van der Waals surface area contributed by atoms with E-state index in [2.05, 4.69) is 10.2 Å². The number of ether oxygens (including phenoxy) is 2. The van der Waals surface area contributed by atoms with Crippen LogP contribution in [0.3, 0.4) is 0 Å². The summed E-state index contributed by atoms with van der Waals surface area (Å²) in [6, 6.07) is 9.44. The fraction of sp³-hybridized carbons (Fsp3) is 0.585. The van der Waals surface area contributed by atoms with Gasteiger partial charge in [0.1, 0.15) is 0 Å². The number of esters is 1. The van der Waals surface area contributed by atoms with Gasteiger partial charge < -0.3 is 45.0 Å². The number of alkyl halides is 3. The average molecular weight is 863 g/mol. The number of likely N-dealkylation sites (tertiary alicyclic amines) is 2. The molecule has 328 valence electrons. The van der Waals surface area contributed by atoms with Gasteiger partial charge in [-0.2, -0.15) is 13.2 Å². The lowest BCUT2D eigenvalue weighted by Gasteiger charge is -2.43. The number of urea groups is 1. The zero-order valence-corrected chi connectivity index (χ0v) is 34.8. The lowest BCUT2D eigenvalue weighted by molar-refractivity contribution is -0.161. The van der Waals surface area contributed by atoms with Crippen molar-refractivity contribution >= 4 is 52.9 Å². The third-order valence-corrected chi connectivity index (χ3v) is 12.1. The van der Waals surface area contributed by atoms with Crippen LogP contribution in [0.4, 0.5) is 34.1 Å². The van der Waals surface area contributed by atoms with Gasteiger partial charge in [0, 0.05) is 89.6 Å². The van der Waals surface area contributed by atoms with Gasteiger partial charge in [-0.25, -0.2) is 14.4 Å². The number of benzene rings is 2. The van der Waals surface area contributed by atoms with Crippen molar-refractivity contribution in [3.8, 4) is 0 Å². The van der Waals surface area contributed by atoms with Gasteiger partial charge in [0.15, 0.2) is 6.10 Å². The van der Waals surface area contributed by atoms with Gasteiger partial charge in [-0.1, -0.05) is 29.8 Å². The molecular weight excluding hydrogens is 809 g/mol. The number of halogens is 4. The van der Waals surface area contributed by atoms with E-state index in [9.17, 15) is 37.1 Å². The number of para-hydroxylation sites is 1. The van der Waals surface area contributed by atoms with Crippen LogP contribution in [0.15, 0.2) is 36.4 Å². The first kappa shape index (κ1) is 44.7. The van der Waals surface area contributed by atoms with Gasteiger partial charge in [-0.3, -0.25) is 14.5 Å². The number of fused-ring (bicyclic) bond motifs is 1. The van der Waals surface area contributed by atoms with E-state index in [1.807, 2.05) is 43.3 Å². The smallest absolute Gasteiger partial charge is 0.418 e. The fourth-order valence-electron chi connectivity index (χ4n) is 8.40. The largest absolute Gasteiger partial charge is 0.458 e. The fourth-order valence-corrected chi connectivity index (χ4v) is 8.64. The molecule has 0 bridgehead atoms. The molecule has 19 heteroatoms. The molecule has 0 unspecified atom stereocenters. The number of hydrogen-bond acceptors (Lipinski definition) is 10. The number of carbonyl (C=O) groups is 5. The van der Waals surface area contributed by atoms with Crippen LogP contribution in [0.2, 0.25) is 5.02 Å². The Bertz CT molecular complexity index is 1880. The summed E-state index contributed by atoms with van der Waals surface area (Å²) >= 11 is 6.14. The van der Waals surface area contributed by atoms with E-state index in [1.54, 1.807) is 9.80 Å². The molecule has 0 aromatic heterocycles. The van der Waals surface area contributed by atoms with Gasteiger partial charge in [-0.05, 0) is 81.9 Å². The Morgan fingerprint density at radius 3 is 2.22 bits per heavy atom. The number of piperidine rings is 2. The molecule has 0 spiro atoms. The van der Waals surface area contributed by atoms with Crippen molar-refractivity contribution in [1.29, 1.82) is 0 Å². The van der Waals surface area contributed by atoms with E-state index in [-0.39, 0.29) is 54.8 Å². The number of amides is 5. The molecule has 5 amide bonds. The molecule has 2 aromatic rings. The van der Waals surface area contributed by atoms with Crippen molar-refractivity contribution < 1.29 is 46.6 Å². The number of carbonyl (C=O) groups excluding carboxylic acids is 5. The highest BCUT2D eigenvalue weighted by molar-refractivity contribution is 6.33. The summed E-state index contributed by atoms with van der Waals surface area (Å²) < 4.78 is 52.8. The Hall–Kier alpha value is -4.81. The Morgan fingerprint density at radius 1 is 0.900 bits per heavy atom. The molecule has 1 atom stereocenters. The average Bonchev–Trinajstić information content (AvgIpc) is 3.40. The maximum absolute atomic E-state index is 14.2. The van der Waals surface area contributed by atoms with Crippen molar-refractivity contribution in [1.82, 2.24) is 29.4 Å². The summed E-state index contributed by atoms with van der Waals surface area (Å²) in [5.41, 5.74) is 5.73. The minimum atomic E-state index is -4.81. The molecule has 4 heterocycles. The number of nitrogens with zero attached hydrogens (tertiary/aromatic N) is 6.